The Morgan fingerprint density at radius 2 is 1.88 bits per heavy atom. The summed E-state index contributed by atoms with van der Waals surface area (Å²) in [6, 6.07) is 14.6. The molecular weight excluding hydrogens is 430 g/mol. The highest BCUT2D eigenvalue weighted by Crippen LogP contribution is 2.30. The van der Waals surface area contributed by atoms with E-state index >= 15 is 0 Å². The number of hydrogen-bond donors (Lipinski definition) is 1. The quantitative estimate of drug-likeness (QED) is 0.482. The van der Waals surface area contributed by atoms with Gasteiger partial charge in [0.05, 0.1) is 29.9 Å². The zero-order chi connectivity index (χ0) is 24.0. The van der Waals surface area contributed by atoms with Crippen LogP contribution in [0.4, 0.5) is 14.5 Å². The molecule has 7 nitrogen and oxygen atoms in total. The fourth-order valence-electron chi connectivity index (χ4n) is 3.54. The van der Waals surface area contributed by atoms with Crippen LogP contribution in [0.3, 0.4) is 0 Å². The first-order chi connectivity index (χ1) is 15.8. The van der Waals surface area contributed by atoms with Crippen molar-refractivity contribution in [3.05, 3.63) is 65.5 Å². The molecule has 3 rings (SSSR count). The van der Waals surface area contributed by atoms with E-state index in [1.54, 1.807) is 16.8 Å². The zero-order valence-electron chi connectivity index (χ0n) is 19.1. The molecule has 0 spiro atoms. The van der Waals surface area contributed by atoms with Crippen LogP contribution in [0.2, 0.25) is 0 Å². The molecule has 1 heterocycles. The Labute approximate surface area is 191 Å². The lowest BCUT2D eigenvalue weighted by Crippen LogP contribution is -2.24. The smallest absolute Gasteiger partial charge is 0.387 e. The van der Waals surface area contributed by atoms with E-state index in [0.29, 0.717) is 18.8 Å². The number of nitrogens with zero attached hydrogens (tertiary/aromatic N) is 3. The number of alkyl halides is 2. The highest BCUT2D eigenvalue weighted by Gasteiger charge is 2.16. The van der Waals surface area contributed by atoms with Crippen molar-refractivity contribution in [1.82, 2.24) is 14.7 Å². The number of para-hydroxylation sites is 1. The zero-order valence-corrected chi connectivity index (χ0v) is 19.1. The van der Waals surface area contributed by atoms with E-state index in [9.17, 15) is 13.6 Å². The van der Waals surface area contributed by atoms with Gasteiger partial charge in [-0.3, -0.25) is 4.79 Å². The summed E-state index contributed by atoms with van der Waals surface area (Å²) >= 11 is 0. The minimum absolute atomic E-state index is 0.0162. The van der Waals surface area contributed by atoms with Crippen molar-refractivity contribution >= 4 is 11.6 Å². The normalized spacial score (nSPS) is 11.2. The van der Waals surface area contributed by atoms with Crippen LogP contribution in [0.15, 0.2) is 48.5 Å². The largest absolute Gasteiger partial charge is 0.493 e. The van der Waals surface area contributed by atoms with Gasteiger partial charge in [0.2, 0.25) is 5.91 Å². The second-order valence-corrected chi connectivity index (χ2v) is 7.69. The highest BCUT2D eigenvalue weighted by molar-refractivity contribution is 5.92. The number of benzene rings is 2. The van der Waals surface area contributed by atoms with E-state index < -0.39 is 6.61 Å². The third kappa shape index (κ3) is 6.29. The second kappa shape index (κ2) is 10.9. The summed E-state index contributed by atoms with van der Waals surface area (Å²) in [6.45, 7) is 1.78. The summed E-state index contributed by atoms with van der Waals surface area (Å²) in [4.78, 5) is 14.5. The van der Waals surface area contributed by atoms with Crippen LogP contribution in [0.5, 0.6) is 11.5 Å². The predicted octanol–water partition coefficient (Wildman–Crippen LogP) is 4.56. The number of anilines is 1. The highest BCUT2D eigenvalue weighted by atomic mass is 19.3. The van der Waals surface area contributed by atoms with Gasteiger partial charge >= 0.3 is 6.61 Å². The minimum atomic E-state index is -2.94. The van der Waals surface area contributed by atoms with Crippen molar-refractivity contribution in [2.24, 2.45) is 0 Å². The molecule has 1 N–H and O–H groups in total. The van der Waals surface area contributed by atoms with Gasteiger partial charge in [-0.2, -0.15) is 13.9 Å². The average Bonchev–Trinajstić information content (AvgIpc) is 3.06. The number of aryl methyl sites for hydroxylation is 1. The van der Waals surface area contributed by atoms with Gasteiger partial charge in [-0.05, 0) is 50.7 Å². The van der Waals surface area contributed by atoms with Gasteiger partial charge in [0, 0.05) is 19.5 Å². The SMILES string of the molecule is COc1ccc(CN(C)CCC(=O)Nc2c(C)nn(-c3ccccc3)c2C)cc1OC(F)F. The summed E-state index contributed by atoms with van der Waals surface area (Å²) in [5.41, 5.74) is 3.99. The molecule has 1 amide bonds. The van der Waals surface area contributed by atoms with Crippen molar-refractivity contribution in [3.63, 3.8) is 0 Å². The first-order valence-electron chi connectivity index (χ1n) is 10.5. The van der Waals surface area contributed by atoms with Crippen LogP contribution >= 0.6 is 0 Å². The third-order valence-corrected chi connectivity index (χ3v) is 5.17. The number of rotatable bonds is 10. The lowest BCUT2D eigenvalue weighted by molar-refractivity contribution is -0.116. The lowest BCUT2D eigenvalue weighted by Gasteiger charge is -2.18. The van der Waals surface area contributed by atoms with E-state index in [0.717, 1.165) is 22.6 Å². The molecule has 0 fully saturated rings. The van der Waals surface area contributed by atoms with Gasteiger partial charge < -0.3 is 19.7 Å². The molecule has 33 heavy (non-hydrogen) atoms. The number of ether oxygens (including phenoxy) is 2. The first kappa shape index (κ1) is 24.2. The van der Waals surface area contributed by atoms with E-state index in [1.165, 1.54) is 13.2 Å². The number of nitrogens with one attached hydrogen (secondary N) is 1. The van der Waals surface area contributed by atoms with Gasteiger partial charge in [-0.15, -0.1) is 0 Å². The van der Waals surface area contributed by atoms with Crippen molar-refractivity contribution in [2.75, 3.05) is 26.0 Å². The van der Waals surface area contributed by atoms with Crippen molar-refractivity contribution in [3.8, 4) is 17.2 Å². The molecule has 0 radical (unpaired) electrons. The fourth-order valence-corrected chi connectivity index (χ4v) is 3.54. The van der Waals surface area contributed by atoms with E-state index in [2.05, 4.69) is 15.2 Å². The van der Waals surface area contributed by atoms with Crippen LogP contribution in [0.1, 0.15) is 23.4 Å². The average molecular weight is 459 g/mol. The van der Waals surface area contributed by atoms with E-state index in [1.807, 2.05) is 56.1 Å². The maximum atomic E-state index is 12.6. The van der Waals surface area contributed by atoms with Crippen LogP contribution in [-0.4, -0.2) is 47.9 Å². The molecule has 0 bridgehead atoms. The van der Waals surface area contributed by atoms with Gasteiger partial charge in [-0.1, -0.05) is 24.3 Å². The van der Waals surface area contributed by atoms with E-state index in [-0.39, 0.29) is 23.8 Å². The molecule has 0 saturated carbocycles. The Kier molecular flexibility index (Phi) is 8.00. The molecule has 0 saturated heterocycles. The Hall–Kier alpha value is -3.46. The van der Waals surface area contributed by atoms with Gasteiger partial charge in [0.15, 0.2) is 11.5 Å². The lowest BCUT2D eigenvalue weighted by atomic mass is 10.2. The molecule has 3 aromatic rings. The molecule has 2 aromatic carbocycles. The topological polar surface area (TPSA) is 68.6 Å². The maximum Gasteiger partial charge on any atom is 0.387 e. The van der Waals surface area contributed by atoms with Crippen LogP contribution in [-0.2, 0) is 11.3 Å². The third-order valence-electron chi connectivity index (χ3n) is 5.17. The molecular formula is C24H28F2N4O3. The van der Waals surface area contributed by atoms with Gasteiger partial charge in [0.1, 0.15) is 0 Å². The summed E-state index contributed by atoms with van der Waals surface area (Å²) in [7, 11) is 3.25. The number of hydrogen-bond acceptors (Lipinski definition) is 5. The Morgan fingerprint density at radius 1 is 1.15 bits per heavy atom. The predicted molar refractivity (Wildman–Crippen MR) is 122 cm³/mol. The summed E-state index contributed by atoms with van der Waals surface area (Å²) < 4.78 is 36.7. The summed E-state index contributed by atoms with van der Waals surface area (Å²) in [5, 5.41) is 7.51. The maximum absolute atomic E-state index is 12.6. The molecule has 0 aliphatic heterocycles. The standard InChI is InChI=1S/C24H28F2N4O3/c1-16-23(17(2)30(28-16)19-8-6-5-7-9-19)27-22(31)12-13-29(3)15-18-10-11-20(32-4)21(14-18)33-24(25)26/h5-11,14,24H,12-13,15H2,1-4H3,(H,27,31). The van der Waals surface area contributed by atoms with Crippen molar-refractivity contribution in [1.29, 1.82) is 0 Å². The molecule has 0 atom stereocenters. The van der Waals surface area contributed by atoms with Gasteiger partial charge in [0.25, 0.3) is 0 Å². The molecule has 0 aliphatic rings. The molecule has 0 aliphatic carbocycles. The summed E-state index contributed by atoms with van der Waals surface area (Å²) in [5.74, 6) is 0.0949. The number of aromatic nitrogens is 2. The van der Waals surface area contributed by atoms with Crippen LogP contribution in [0, 0.1) is 13.8 Å². The monoisotopic (exact) mass is 458 g/mol. The Morgan fingerprint density at radius 3 is 2.55 bits per heavy atom. The molecule has 176 valence electrons. The summed E-state index contributed by atoms with van der Waals surface area (Å²) in [6.07, 6.45) is 0.266. The second-order valence-electron chi connectivity index (χ2n) is 7.69. The minimum Gasteiger partial charge on any atom is -0.493 e. The number of carbonyl (C=O) groups excluding carboxylic acids is 1. The molecule has 0 unspecified atom stereocenters. The van der Waals surface area contributed by atoms with Gasteiger partial charge in [-0.25, -0.2) is 4.68 Å². The first-order valence-corrected chi connectivity index (χ1v) is 10.5. The van der Waals surface area contributed by atoms with Crippen molar-refractivity contribution < 1.29 is 23.0 Å². The molecule has 9 heteroatoms. The Bertz CT molecular complexity index is 1090. The fraction of sp³-hybridized carbons (Fsp3) is 0.333. The number of amides is 1. The number of halogens is 2. The number of methoxy groups -OCH3 is 1. The Balaban J connectivity index is 1.58. The van der Waals surface area contributed by atoms with Crippen molar-refractivity contribution in [2.45, 2.75) is 33.4 Å². The molecule has 1 aromatic heterocycles. The van der Waals surface area contributed by atoms with E-state index in [4.69, 9.17) is 4.74 Å². The number of carbonyl (C=O) groups is 1. The van der Waals surface area contributed by atoms with Crippen LogP contribution in [0.25, 0.3) is 5.69 Å². The van der Waals surface area contributed by atoms with Crippen LogP contribution < -0.4 is 14.8 Å².